The summed E-state index contributed by atoms with van der Waals surface area (Å²) in [6.45, 7) is 0. The molecule has 0 radical (unpaired) electrons. The Morgan fingerprint density at radius 1 is 1.32 bits per heavy atom. The van der Waals surface area contributed by atoms with Crippen LogP contribution >= 0.6 is 15.9 Å². The smallest absolute Gasteiger partial charge is 0.217 e. The van der Waals surface area contributed by atoms with E-state index in [1.54, 1.807) is 0 Å². The van der Waals surface area contributed by atoms with E-state index in [2.05, 4.69) is 25.9 Å². The molecule has 98 valence electrons. The van der Waals surface area contributed by atoms with Gasteiger partial charge in [0.2, 0.25) is 11.7 Å². The normalized spacial score (nSPS) is 10.3. The van der Waals surface area contributed by atoms with Crippen molar-refractivity contribution in [2.75, 3.05) is 7.11 Å². The predicted octanol–water partition coefficient (Wildman–Crippen LogP) is 2.76. The average molecular weight is 329 g/mol. The van der Waals surface area contributed by atoms with Gasteiger partial charge in [-0.2, -0.15) is 0 Å². The molecule has 4 nitrogen and oxygen atoms in total. The van der Waals surface area contributed by atoms with E-state index in [4.69, 9.17) is 4.74 Å². The molecule has 1 aromatic carbocycles. The highest BCUT2D eigenvalue weighted by atomic mass is 79.9. The van der Waals surface area contributed by atoms with Crippen molar-refractivity contribution in [3.05, 3.63) is 51.9 Å². The summed E-state index contributed by atoms with van der Waals surface area (Å²) in [5.74, 6) is -2.67. The lowest BCUT2D eigenvalue weighted by atomic mass is 10.1. The first kappa shape index (κ1) is 13.5. The minimum absolute atomic E-state index is 0.00160. The molecule has 0 bridgehead atoms. The Hall–Kier alpha value is -1.89. The number of hydrogen-bond acceptors (Lipinski definition) is 4. The summed E-state index contributed by atoms with van der Waals surface area (Å²) in [4.78, 5) is 19.5. The quantitative estimate of drug-likeness (QED) is 0.642. The molecule has 0 aliphatic heterocycles. The number of aromatic nitrogens is 2. The van der Waals surface area contributed by atoms with Crippen LogP contribution in [0.25, 0.3) is 0 Å². The number of hydrogen-bond donors (Lipinski definition) is 0. The van der Waals surface area contributed by atoms with Crippen LogP contribution in [-0.4, -0.2) is 22.9 Å². The van der Waals surface area contributed by atoms with Gasteiger partial charge in [0.25, 0.3) is 0 Å². The number of methoxy groups -OCH3 is 1. The summed E-state index contributed by atoms with van der Waals surface area (Å²) >= 11 is 2.90. The Kier molecular flexibility index (Phi) is 3.84. The van der Waals surface area contributed by atoms with Crippen LogP contribution < -0.4 is 4.74 Å². The van der Waals surface area contributed by atoms with Crippen molar-refractivity contribution >= 4 is 21.7 Å². The first-order valence-corrected chi connectivity index (χ1v) is 5.88. The molecule has 19 heavy (non-hydrogen) atoms. The zero-order valence-corrected chi connectivity index (χ0v) is 11.2. The van der Waals surface area contributed by atoms with Crippen LogP contribution in [0.3, 0.4) is 0 Å². The van der Waals surface area contributed by atoms with Crippen molar-refractivity contribution in [1.29, 1.82) is 0 Å². The molecule has 0 saturated carbocycles. The number of ether oxygens (including phenoxy) is 1. The summed E-state index contributed by atoms with van der Waals surface area (Å²) in [6.07, 6.45) is 1.08. The van der Waals surface area contributed by atoms with Gasteiger partial charge in [0.15, 0.2) is 5.82 Å². The summed E-state index contributed by atoms with van der Waals surface area (Å²) in [5, 5.41) is 0. The van der Waals surface area contributed by atoms with E-state index in [1.807, 2.05) is 0 Å². The minimum Gasteiger partial charge on any atom is -0.481 e. The number of rotatable bonds is 3. The van der Waals surface area contributed by atoms with Gasteiger partial charge in [-0.25, -0.2) is 18.7 Å². The number of nitrogens with zero attached hydrogens (tertiary/aromatic N) is 2. The first-order valence-electron chi connectivity index (χ1n) is 5.09. The van der Waals surface area contributed by atoms with E-state index < -0.39 is 23.0 Å². The Morgan fingerprint density at radius 3 is 2.74 bits per heavy atom. The molecule has 2 rings (SSSR count). The molecule has 0 unspecified atom stereocenters. The van der Waals surface area contributed by atoms with Crippen LogP contribution in [0.1, 0.15) is 16.1 Å². The largest absolute Gasteiger partial charge is 0.481 e. The topological polar surface area (TPSA) is 52.1 Å². The van der Waals surface area contributed by atoms with Crippen LogP contribution in [-0.2, 0) is 0 Å². The molecule has 0 amide bonds. The van der Waals surface area contributed by atoms with Gasteiger partial charge in [-0.15, -0.1) is 0 Å². The fourth-order valence-corrected chi connectivity index (χ4v) is 1.77. The maximum atomic E-state index is 13.8. The zero-order chi connectivity index (χ0) is 14.0. The monoisotopic (exact) mass is 328 g/mol. The van der Waals surface area contributed by atoms with Gasteiger partial charge in [-0.05, 0) is 28.1 Å². The Bertz CT molecular complexity index is 650. The molecule has 2 aromatic rings. The molecule has 0 saturated heterocycles. The third-order valence-corrected chi connectivity index (χ3v) is 2.97. The van der Waals surface area contributed by atoms with Gasteiger partial charge in [0.1, 0.15) is 17.8 Å². The van der Waals surface area contributed by atoms with Crippen LogP contribution in [0, 0.1) is 11.6 Å². The molecule has 0 atom stereocenters. The maximum Gasteiger partial charge on any atom is 0.217 e. The summed E-state index contributed by atoms with van der Waals surface area (Å²) < 4.78 is 32.2. The van der Waals surface area contributed by atoms with Gasteiger partial charge in [-0.1, -0.05) is 0 Å². The number of halogens is 3. The Morgan fingerprint density at radius 2 is 2.05 bits per heavy atom. The molecular formula is C12H7BrF2N2O2. The highest BCUT2D eigenvalue weighted by Gasteiger charge is 2.22. The van der Waals surface area contributed by atoms with E-state index in [1.165, 1.54) is 19.2 Å². The van der Waals surface area contributed by atoms with Crippen molar-refractivity contribution in [2.45, 2.75) is 0 Å². The van der Waals surface area contributed by atoms with E-state index in [-0.39, 0.29) is 16.0 Å². The number of ketones is 1. The van der Waals surface area contributed by atoms with Gasteiger partial charge in [0.05, 0.1) is 17.1 Å². The third kappa shape index (κ3) is 2.60. The van der Waals surface area contributed by atoms with Crippen LogP contribution in [0.15, 0.2) is 29.0 Å². The molecule has 1 aromatic heterocycles. The van der Waals surface area contributed by atoms with Crippen LogP contribution in [0.2, 0.25) is 0 Å². The van der Waals surface area contributed by atoms with Crippen LogP contribution in [0.5, 0.6) is 5.88 Å². The molecule has 0 fully saturated rings. The van der Waals surface area contributed by atoms with Gasteiger partial charge in [0, 0.05) is 6.07 Å². The highest BCUT2D eigenvalue weighted by molar-refractivity contribution is 9.10. The summed E-state index contributed by atoms with van der Waals surface area (Å²) in [6, 6.07) is 3.39. The van der Waals surface area contributed by atoms with E-state index in [0.717, 1.165) is 12.4 Å². The lowest BCUT2D eigenvalue weighted by Crippen LogP contribution is -2.10. The van der Waals surface area contributed by atoms with Crippen molar-refractivity contribution in [2.24, 2.45) is 0 Å². The summed E-state index contributed by atoms with van der Waals surface area (Å²) in [7, 11) is 1.36. The second-order valence-electron chi connectivity index (χ2n) is 3.49. The fraction of sp³-hybridized carbons (Fsp3) is 0.0833. The Balaban J connectivity index is 2.53. The fourth-order valence-electron chi connectivity index (χ4n) is 1.44. The second-order valence-corrected chi connectivity index (χ2v) is 4.35. The van der Waals surface area contributed by atoms with Crippen molar-refractivity contribution in [3.8, 4) is 5.88 Å². The zero-order valence-electron chi connectivity index (χ0n) is 9.65. The van der Waals surface area contributed by atoms with Gasteiger partial charge < -0.3 is 4.74 Å². The van der Waals surface area contributed by atoms with Crippen molar-refractivity contribution < 1.29 is 18.3 Å². The van der Waals surface area contributed by atoms with Crippen molar-refractivity contribution in [3.63, 3.8) is 0 Å². The van der Waals surface area contributed by atoms with E-state index in [9.17, 15) is 13.6 Å². The maximum absolute atomic E-state index is 13.8. The third-order valence-electron chi connectivity index (χ3n) is 2.35. The van der Waals surface area contributed by atoms with Gasteiger partial charge in [-0.3, -0.25) is 4.79 Å². The highest BCUT2D eigenvalue weighted by Crippen LogP contribution is 2.24. The number of benzene rings is 1. The molecule has 0 N–H and O–H groups in total. The van der Waals surface area contributed by atoms with Gasteiger partial charge >= 0.3 is 0 Å². The SMILES string of the molecule is COc1cc(C(=O)c2c(F)ccc(Br)c2F)ncn1. The predicted molar refractivity (Wildman–Crippen MR) is 66.1 cm³/mol. The lowest BCUT2D eigenvalue weighted by Gasteiger charge is -2.06. The van der Waals surface area contributed by atoms with Crippen LogP contribution in [0.4, 0.5) is 8.78 Å². The second kappa shape index (κ2) is 5.40. The molecule has 7 heteroatoms. The summed E-state index contributed by atoms with van der Waals surface area (Å²) in [5.41, 5.74) is -0.821. The standard InChI is InChI=1S/C12H7BrF2N2O2/c1-19-9-4-8(16-5-17-9)12(18)10-7(14)3-2-6(13)11(10)15/h2-5H,1H3. The number of carbonyl (C=O) groups is 1. The average Bonchev–Trinajstić information content (AvgIpc) is 2.43. The molecule has 0 aliphatic rings. The number of carbonyl (C=O) groups excluding carboxylic acids is 1. The molecule has 0 spiro atoms. The molecule has 1 heterocycles. The minimum atomic E-state index is -0.970. The van der Waals surface area contributed by atoms with E-state index >= 15 is 0 Å². The Labute approximate surface area is 115 Å². The van der Waals surface area contributed by atoms with Crippen molar-refractivity contribution in [1.82, 2.24) is 9.97 Å². The molecular weight excluding hydrogens is 322 g/mol. The first-order chi connectivity index (χ1) is 9.04. The molecule has 0 aliphatic carbocycles. The van der Waals surface area contributed by atoms with E-state index in [0.29, 0.717) is 0 Å². The lowest BCUT2D eigenvalue weighted by molar-refractivity contribution is 0.102.